The fraction of sp³-hybridized carbons (Fsp3) is 0.412. The van der Waals surface area contributed by atoms with E-state index in [0.717, 1.165) is 37.1 Å². The van der Waals surface area contributed by atoms with Gasteiger partial charge < -0.3 is 10.4 Å². The molecule has 0 radical (unpaired) electrons. The van der Waals surface area contributed by atoms with Gasteiger partial charge in [0.25, 0.3) is 0 Å². The number of aliphatic hydroxyl groups is 1. The van der Waals surface area contributed by atoms with Crippen molar-refractivity contribution >= 4 is 10.8 Å². The van der Waals surface area contributed by atoms with Gasteiger partial charge in [-0.05, 0) is 23.3 Å². The van der Waals surface area contributed by atoms with Crippen molar-refractivity contribution < 1.29 is 5.11 Å². The number of piperazine rings is 1. The Bertz CT molecular complexity index is 573. The maximum absolute atomic E-state index is 10.8. The lowest BCUT2D eigenvalue weighted by molar-refractivity contribution is 0.0519. The van der Waals surface area contributed by atoms with Crippen molar-refractivity contribution in [3.8, 4) is 0 Å². The van der Waals surface area contributed by atoms with Gasteiger partial charge in [-0.2, -0.15) is 0 Å². The summed E-state index contributed by atoms with van der Waals surface area (Å²) in [6.45, 7) is 6.14. The largest absolute Gasteiger partial charge is 0.387 e. The quantitative estimate of drug-likeness (QED) is 0.897. The first-order chi connectivity index (χ1) is 9.77. The van der Waals surface area contributed by atoms with Crippen LogP contribution < -0.4 is 5.32 Å². The molecule has 1 aliphatic heterocycles. The fourth-order valence-corrected chi connectivity index (χ4v) is 3.06. The van der Waals surface area contributed by atoms with Crippen LogP contribution >= 0.6 is 0 Å². The smallest absolute Gasteiger partial charge is 0.0948 e. The minimum absolute atomic E-state index is 0.142. The Morgan fingerprint density at radius 1 is 1.05 bits per heavy atom. The van der Waals surface area contributed by atoms with Gasteiger partial charge in [0, 0.05) is 32.2 Å². The SMILES string of the molecule is CC(C(O)c1cccc2ccccc12)N1CCNCC1. The van der Waals surface area contributed by atoms with Crippen LogP contribution in [-0.2, 0) is 0 Å². The van der Waals surface area contributed by atoms with Crippen LogP contribution in [0.25, 0.3) is 10.8 Å². The van der Waals surface area contributed by atoms with Gasteiger partial charge in [0.05, 0.1) is 6.10 Å². The van der Waals surface area contributed by atoms with Crippen molar-refractivity contribution in [2.24, 2.45) is 0 Å². The first-order valence-electron chi connectivity index (χ1n) is 7.38. The van der Waals surface area contributed by atoms with E-state index in [9.17, 15) is 5.11 Å². The molecule has 3 nitrogen and oxygen atoms in total. The van der Waals surface area contributed by atoms with Gasteiger partial charge in [-0.15, -0.1) is 0 Å². The van der Waals surface area contributed by atoms with Crippen molar-refractivity contribution in [1.29, 1.82) is 0 Å². The van der Waals surface area contributed by atoms with Crippen LogP contribution in [-0.4, -0.2) is 42.2 Å². The number of hydrogen-bond donors (Lipinski definition) is 2. The van der Waals surface area contributed by atoms with Crippen LogP contribution in [0, 0.1) is 0 Å². The molecule has 2 unspecified atom stereocenters. The summed E-state index contributed by atoms with van der Waals surface area (Å²) in [7, 11) is 0. The third-order valence-corrected chi connectivity index (χ3v) is 4.33. The third kappa shape index (κ3) is 2.57. The normalized spacial score (nSPS) is 19.9. The summed E-state index contributed by atoms with van der Waals surface area (Å²) in [5, 5.41) is 16.5. The Kier molecular flexibility index (Phi) is 4.01. The number of fused-ring (bicyclic) bond motifs is 1. The molecule has 0 aliphatic carbocycles. The van der Waals surface area contributed by atoms with E-state index in [4.69, 9.17) is 0 Å². The molecule has 0 saturated carbocycles. The molecule has 2 aromatic carbocycles. The number of nitrogens with zero attached hydrogens (tertiary/aromatic N) is 1. The van der Waals surface area contributed by atoms with E-state index >= 15 is 0 Å². The zero-order valence-corrected chi connectivity index (χ0v) is 11.9. The molecular weight excluding hydrogens is 248 g/mol. The highest BCUT2D eigenvalue weighted by atomic mass is 16.3. The molecule has 1 saturated heterocycles. The van der Waals surface area contributed by atoms with Gasteiger partial charge >= 0.3 is 0 Å². The van der Waals surface area contributed by atoms with Crippen LogP contribution in [0.3, 0.4) is 0 Å². The number of aliphatic hydroxyl groups excluding tert-OH is 1. The van der Waals surface area contributed by atoms with E-state index in [1.54, 1.807) is 0 Å². The predicted molar refractivity (Wildman–Crippen MR) is 82.8 cm³/mol. The van der Waals surface area contributed by atoms with E-state index < -0.39 is 6.10 Å². The van der Waals surface area contributed by atoms with E-state index in [0.29, 0.717) is 0 Å². The minimum Gasteiger partial charge on any atom is -0.387 e. The van der Waals surface area contributed by atoms with Gasteiger partial charge in [-0.25, -0.2) is 0 Å². The molecule has 3 heteroatoms. The Morgan fingerprint density at radius 3 is 2.55 bits per heavy atom. The van der Waals surface area contributed by atoms with Crippen molar-refractivity contribution in [2.75, 3.05) is 26.2 Å². The maximum atomic E-state index is 10.8. The van der Waals surface area contributed by atoms with Crippen LogP contribution in [0.5, 0.6) is 0 Å². The second-order valence-corrected chi connectivity index (χ2v) is 5.54. The molecule has 3 rings (SSSR count). The van der Waals surface area contributed by atoms with Crippen LogP contribution in [0.1, 0.15) is 18.6 Å². The highest BCUT2D eigenvalue weighted by Gasteiger charge is 2.25. The number of benzene rings is 2. The van der Waals surface area contributed by atoms with E-state index in [2.05, 4.69) is 35.3 Å². The number of rotatable bonds is 3. The van der Waals surface area contributed by atoms with Gasteiger partial charge in [-0.3, -0.25) is 4.90 Å². The molecule has 1 aliphatic rings. The molecule has 106 valence electrons. The fourth-order valence-electron chi connectivity index (χ4n) is 3.06. The van der Waals surface area contributed by atoms with Crippen molar-refractivity contribution in [3.63, 3.8) is 0 Å². The predicted octanol–water partition coefficient (Wildman–Crippen LogP) is 2.17. The van der Waals surface area contributed by atoms with Gasteiger partial charge in [-0.1, -0.05) is 42.5 Å². The lowest BCUT2D eigenvalue weighted by Gasteiger charge is -2.35. The molecule has 1 heterocycles. The zero-order valence-electron chi connectivity index (χ0n) is 11.9. The zero-order chi connectivity index (χ0) is 13.9. The molecule has 1 fully saturated rings. The number of nitrogens with one attached hydrogen (secondary N) is 1. The van der Waals surface area contributed by atoms with Gasteiger partial charge in [0.1, 0.15) is 0 Å². The second-order valence-electron chi connectivity index (χ2n) is 5.54. The molecular formula is C17H22N2O. The first-order valence-corrected chi connectivity index (χ1v) is 7.38. The summed E-state index contributed by atoms with van der Waals surface area (Å²) in [4.78, 5) is 2.36. The summed E-state index contributed by atoms with van der Waals surface area (Å²) >= 11 is 0. The summed E-state index contributed by atoms with van der Waals surface area (Å²) in [5.74, 6) is 0. The van der Waals surface area contributed by atoms with Crippen molar-refractivity contribution in [2.45, 2.75) is 19.1 Å². The van der Waals surface area contributed by atoms with E-state index in [-0.39, 0.29) is 6.04 Å². The van der Waals surface area contributed by atoms with Crippen molar-refractivity contribution in [1.82, 2.24) is 10.2 Å². The van der Waals surface area contributed by atoms with E-state index in [1.807, 2.05) is 24.3 Å². The summed E-state index contributed by atoms with van der Waals surface area (Å²) in [5.41, 5.74) is 1.04. The Balaban J connectivity index is 1.89. The third-order valence-electron chi connectivity index (χ3n) is 4.33. The Labute approximate surface area is 120 Å². The van der Waals surface area contributed by atoms with Crippen LogP contribution in [0.15, 0.2) is 42.5 Å². The average molecular weight is 270 g/mol. The molecule has 20 heavy (non-hydrogen) atoms. The summed E-state index contributed by atoms with van der Waals surface area (Å²) < 4.78 is 0. The molecule has 2 N–H and O–H groups in total. The molecule has 0 spiro atoms. The summed E-state index contributed by atoms with van der Waals surface area (Å²) in [6.07, 6.45) is -0.445. The molecule has 2 aromatic rings. The maximum Gasteiger partial charge on any atom is 0.0948 e. The first kappa shape index (κ1) is 13.6. The second kappa shape index (κ2) is 5.92. The minimum atomic E-state index is -0.445. The lowest BCUT2D eigenvalue weighted by atomic mass is 9.96. The molecule has 2 atom stereocenters. The molecule has 0 amide bonds. The lowest BCUT2D eigenvalue weighted by Crippen LogP contribution is -2.49. The summed E-state index contributed by atoms with van der Waals surface area (Å²) in [6, 6.07) is 14.6. The topological polar surface area (TPSA) is 35.5 Å². The van der Waals surface area contributed by atoms with Crippen LogP contribution in [0.4, 0.5) is 0 Å². The molecule has 0 aromatic heterocycles. The highest BCUT2D eigenvalue weighted by Crippen LogP contribution is 2.28. The monoisotopic (exact) mass is 270 g/mol. The highest BCUT2D eigenvalue weighted by molar-refractivity contribution is 5.86. The Hall–Kier alpha value is -1.42. The Morgan fingerprint density at radius 2 is 1.75 bits per heavy atom. The number of hydrogen-bond acceptors (Lipinski definition) is 3. The van der Waals surface area contributed by atoms with Gasteiger partial charge in [0.2, 0.25) is 0 Å². The van der Waals surface area contributed by atoms with Gasteiger partial charge in [0.15, 0.2) is 0 Å². The van der Waals surface area contributed by atoms with Crippen LogP contribution in [0.2, 0.25) is 0 Å². The standard InChI is InChI=1S/C17H22N2O/c1-13(19-11-9-18-10-12-19)17(20)16-8-4-6-14-5-2-3-7-15(14)16/h2-8,13,17-18,20H,9-12H2,1H3. The van der Waals surface area contributed by atoms with E-state index in [1.165, 1.54) is 5.39 Å². The average Bonchev–Trinajstić information content (AvgIpc) is 2.54. The van der Waals surface area contributed by atoms with Crippen molar-refractivity contribution in [3.05, 3.63) is 48.0 Å². The molecule has 0 bridgehead atoms.